The fourth-order valence-corrected chi connectivity index (χ4v) is 2.36. The van der Waals surface area contributed by atoms with Crippen molar-refractivity contribution in [3.63, 3.8) is 0 Å². The molecule has 0 bridgehead atoms. The Morgan fingerprint density at radius 1 is 1.21 bits per heavy atom. The van der Waals surface area contributed by atoms with Gasteiger partial charge in [-0.05, 0) is 31.6 Å². The van der Waals surface area contributed by atoms with Crippen molar-refractivity contribution < 1.29 is 9.84 Å². The monoisotopic (exact) mass is 200 g/mol. The summed E-state index contributed by atoms with van der Waals surface area (Å²) in [5.74, 6) is 1.40. The van der Waals surface area contributed by atoms with Crippen LogP contribution in [0.2, 0.25) is 0 Å². The second-order valence-electron chi connectivity index (χ2n) is 4.42. The number of ether oxygens (including phenoxy) is 1. The van der Waals surface area contributed by atoms with Gasteiger partial charge in [0, 0.05) is 6.61 Å². The van der Waals surface area contributed by atoms with Gasteiger partial charge in [0.1, 0.15) is 0 Å². The highest BCUT2D eigenvalue weighted by Crippen LogP contribution is 2.32. The zero-order valence-electron chi connectivity index (χ0n) is 9.54. The van der Waals surface area contributed by atoms with E-state index in [2.05, 4.69) is 6.92 Å². The molecule has 1 atom stereocenters. The van der Waals surface area contributed by atoms with Gasteiger partial charge >= 0.3 is 0 Å². The number of aliphatic hydroxyl groups excluding tert-OH is 1. The molecule has 0 heterocycles. The molecular formula is C12H24O2. The van der Waals surface area contributed by atoms with Crippen molar-refractivity contribution >= 4 is 0 Å². The van der Waals surface area contributed by atoms with E-state index in [0.717, 1.165) is 5.92 Å². The van der Waals surface area contributed by atoms with Crippen LogP contribution in [0.25, 0.3) is 0 Å². The van der Waals surface area contributed by atoms with Gasteiger partial charge in [0.05, 0.1) is 12.7 Å². The van der Waals surface area contributed by atoms with Crippen LogP contribution < -0.4 is 0 Å². The summed E-state index contributed by atoms with van der Waals surface area (Å²) in [5.41, 5.74) is 0. The zero-order valence-corrected chi connectivity index (χ0v) is 9.54. The lowest BCUT2D eigenvalue weighted by Crippen LogP contribution is -2.29. The largest absolute Gasteiger partial charge is 0.390 e. The lowest BCUT2D eigenvalue weighted by Gasteiger charge is -2.30. The predicted octanol–water partition coefficient (Wildman–Crippen LogP) is 2.60. The van der Waals surface area contributed by atoms with Crippen LogP contribution in [0.5, 0.6) is 0 Å². The predicted molar refractivity (Wildman–Crippen MR) is 58.2 cm³/mol. The second kappa shape index (κ2) is 6.41. The van der Waals surface area contributed by atoms with Crippen LogP contribution in [0, 0.1) is 11.8 Å². The molecule has 1 N–H and O–H groups in total. The number of aliphatic hydroxyl groups is 1. The Hall–Kier alpha value is -0.0800. The number of rotatable bonds is 5. The average Bonchev–Trinajstić information content (AvgIpc) is 2.26. The maximum Gasteiger partial charge on any atom is 0.0801 e. The molecule has 1 rings (SSSR count). The Bertz CT molecular complexity index is 139. The van der Waals surface area contributed by atoms with Crippen LogP contribution in [-0.2, 0) is 4.74 Å². The van der Waals surface area contributed by atoms with E-state index in [9.17, 15) is 5.11 Å². The van der Waals surface area contributed by atoms with E-state index < -0.39 is 0 Å². The van der Waals surface area contributed by atoms with Crippen molar-refractivity contribution in [3.05, 3.63) is 0 Å². The molecule has 0 radical (unpaired) electrons. The van der Waals surface area contributed by atoms with Crippen molar-refractivity contribution in [1.29, 1.82) is 0 Å². The fraction of sp³-hybridized carbons (Fsp3) is 1.00. The van der Waals surface area contributed by atoms with Crippen molar-refractivity contribution in [1.82, 2.24) is 0 Å². The average molecular weight is 200 g/mol. The van der Waals surface area contributed by atoms with Crippen LogP contribution in [0.3, 0.4) is 0 Å². The van der Waals surface area contributed by atoms with Gasteiger partial charge in [-0.2, -0.15) is 0 Å². The summed E-state index contributed by atoms with van der Waals surface area (Å²) in [4.78, 5) is 0. The maximum atomic E-state index is 9.84. The molecule has 0 amide bonds. The molecular weight excluding hydrogens is 176 g/mol. The third-order valence-electron chi connectivity index (χ3n) is 3.51. The first-order valence-corrected chi connectivity index (χ1v) is 6.03. The van der Waals surface area contributed by atoms with E-state index in [1.54, 1.807) is 0 Å². The van der Waals surface area contributed by atoms with E-state index in [4.69, 9.17) is 4.74 Å². The van der Waals surface area contributed by atoms with E-state index in [1.807, 2.05) is 6.92 Å². The SMILES string of the molecule is CCOCC(O)C1CCC(CC)CC1. The maximum absolute atomic E-state index is 9.84. The fourth-order valence-electron chi connectivity index (χ4n) is 2.36. The van der Waals surface area contributed by atoms with Crippen molar-refractivity contribution in [2.24, 2.45) is 11.8 Å². The van der Waals surface area contributed by atoms with Gasteiger partial charge in [0.25, 0.3) is 0 Å². The molecule has 0 aliphatic heterocycles. The number of hydrogen-bond acceptors (Lipinski definition) is 2. The lowest BCUT2D eigenvalue weighted by atomic mass is 9.78. The molecule has 2 nitrogen and oxygen atoms in total. The highest BCUT2D eigenvalue weighted by molar-refractivity contribution is 4.76. The molecule has 0 aromatic heterocycles. The summed E-state index contributed by atoms with van der Waals surface area (Å²) < 4.78 is 5.25. The van der Waals surface area contributed by atoms with Crippen LogP contribution in [-0.4, -0.2) is 24.4 Å². The molecule has 1 saturated carbocycles. The molecule has 14 heavy (non-hydrogen) atoms. The Kier molecular flexibility index (Phi) is 5.49. The quantitative estimate of drug-likeness (QED) is 0.739. The molecule has 1 unspecified atom stereocenters. The lowest BCUT2D eigenvalue weighted by molar-refractivity contribution is -0.00541. The molecule has 84 valence electrons. The van der Waals surface area contributed by atoms with E-state index in [1.165, 1.54) is 32.1 Å². The minimum Gasteiger partial charge on any atom is -0.390 e. The second-order valence-corrected chi connectivity index (χ2v) is 4.42. The Morgan fingerprint density at radius 2 is 1.86 bits per heavy atom. The topological polar surface area (TPSA) is 29.5 Å². The van der Waals surface area contributed by atoms with Crippen molar-refractivity contribution in [3.8, 4) is 0 Å². The van der Waals surface area contributed by atoms with Gasteiger partial charge in [-0.1, -0.05) is 26.2 Å². The van der Waals surface area contributed by atoms with Gasteiger partial charge < -0.3 is 9.84 Å². The highest BCUT2D eigenvalue weighted by Gasteiger charge is 2.25. The van der Waals surface area contributed by atoms with Crippen molar-refractivity contribution in [2.75, 3.05) is 13.2 Å². The van der Waals surface area contributed by atoms with Gasteiger partial charge in [-0.15, -0.1) is 0 Å². The molecule has 1 fully saturated rings. The molecule has 0 aromatic rings. The van der Waals surface area contributed by atoms with Gasteiger partial charge in [0.2, 0.25) is 0 Å². The van der Waals surface area contributed by atoms with Crippen LogP contribution >= 0.6 is 0 Å². The van der Waals surface area contributed by atoms with Gasteiger partial charge in [0.15, 0.2) is 0 Å². The summed E-state index contributed by atoms with van der Waals surface area (Å²) in [5, 5.41) is 9.84. The van der Waals surface area contributed by atoms with E-state index in [-0.39, 0.29) is 6.10 Å². The third-order valence-corrected chi connectivity index (χ3v) is 3.51. The Morgan fingerprint density at radius 3 is 2.36 bits per heavy atom. The number of hydrogen-bond donors (Lipinski definition) is 1. The summed E-state index contributed by atoms with van der Waals surface area (Å²) in [6.45, 7) is 5.47. The molecule has 1 aliphatic rings. The first kappa shape index (κ1) is 12.0. The van der Waals surface area contributed by atoms with Crippen LogP contribution in [0.1, 0.15) is 46.0 Å². The molecule has 1 aliphatic carbocycles. The van der Waals surface area contributed by atoms with Gasteiger partial charge in [-0.3, -0.25) is 0 Å². The molecule has 0 spiro atoms. The minimum absolute atomic E-state index is 0.229. The summed E-state index contributed by atoms with van der Waals surface area (Å²) in [6, 6.07) is 0. The normalized spacial score (nSPS) is 30.2. The first-order chi connectivity index (χ1) is 6.77. The summed E-state index contributed by atoms with van der Waals surface area (Å²) in [7, 11) is 0. The Balaban J connectivity index is 2.19. The smallest absolute Gasteiger partial charge is 0.0801 e. The van der Waals surface area contributed by atoms with E-state index >= 15 is 0 Å². The molecule has 0 saturated heterocycles. The standard InChI is InChI=1S/C12H24O2/c1-3-10-5-7-11(8-6-10)12(13)9-14-4-2/h10-13H,3-9H2,1-2H3. The van der Waals surface area contributed by atoms with Crippen molar-refractivity contribution in [2.45, 2.75) is 52.1 Å². The summed E-state index contributed by atoms with van der Waals surface area (Å²) >= 11 is 0. The third kappa shape index (κ3) is 3.58. The van der Waals surface area contributed by atoms with Crippen LogP contribution in [0.4, 0.5) is 0 Å². The van der Waals surface area contributed by atoms with Crippen LogP contribution in [0.15, 0.2) is 0 Å². The highest BCUT2D eigenvalue weighted by atomic mass is 16.5. The Labute approximate surface area is 87.7 Å². The molecule has 2 heteroatoms. The molecule has 0 aromatic carbocycles. The first-order valence-electron chi connectivity index (χ1n) is 6.03. The summed E-state index contributed by atoms with van der Waals surface area (Å²) in [6.07, 6.45) is 6.04. The van der Waals surface area contributed by atoms with Gasteiger partial charge in [-0.25, -0.2) is 0 Å². The minimum atomic E-state index is -0.229. The zero-order chi connectivity index (χ0) is 10.4. The van der Waals surface area contributed by atoms with E-state index in [0.29, 0.717) is 19.1 Å².